The number of ether oxygens (including phenoxy) is 1. The third kappa shape index (κ3) is 3.55. The van der Waals surface area contributed by atoms with E-state index >= 15 is 0 Å². The largest absolute Gasteiger partial charge is 0.493 e. The summed E-state index contributed by atoms with van der Waals surface area (Å²) in [5.41, 5.74) is 1.91. The van der Waals surface area contributed by atoms with Gasteiger partial charge in [0.25, 0.3) is 5.56 Å². The number of benzene rings is 2. The molecule has 0 unspecified atom stereocenters. The molecule has 3 aromatic rings. The zero-order valence-electron chi connectivity index (χ0n) is 14.5. The van der Waals surface area contributed by atoms with Crippen LogP contribution in [0.2, 0.25) is 0 Å². The van der Waals surface area contributed by atoms with Crippen LogP contribution in [0.4, 0.5) is 4.39 Å². The Balaban J connectivity index is 2.13. The molecule has 0 amide bonds. The van der Waals surface area contributed by atoms with E-state index in [1.54, 1.807) is 23.6 Å². The van der Waals surface area contributed by atoms with Crippen molar-refractivity contribution in [3.63, 3.8) is 0 Å². The number of hydrogen-bond donors (Lipinski definition) is 0. The first-order chi connectivity index (χ1) is 12.5. The Hall–Kier alpha value is -2.47. The third-order valence-corrected chi connectivity index (χ3v) is 5.07. The number of halogens is 2. The molecule has 1 aromatic heterocycles. The smallest absolute Gasteiger partial charge is 0.268 e. The molecule has 0 fully saturated rings. The average Bonchev–Trinajstić information content (AvgIpc) is 2.66. The molecule has 2 aromatic carbocycles. The summed E-state index contributed by atoms with van der Waals surface area (Å²) >= 11 is 3.31. The molecule has 1 heterocycles. The normalized spacial score (nSPS) is 10.8. The molecule has 0 saturated heterocycles. The number of aryl methyl sites for hydroxylation is 2. The Morgan fingerprint density at radius 1 is 1.15 bits per heavy atom. The van der Waals surface area contributed by atoms with Crippen molar-refractivity contribution in [3.05, 3.63) is 80.4 Å². The molecular weight excluding hydrogens is 399 g/mol. The summed E-state index contributed by atoms with van der Waals surface area (Å²) in [5.74, 6) is -0.0213. The van der Waals surface area contributed by atoms with Gasteiger partial charge in [-0.3, -0.25) is 9.36 Å². The maximum absolute atomic E-state index is 14.1. The Morgan fingerprint density at radius 3 is 2.58 bits per heavy atom. The highest BCUT2D eigenvalue weighted by Gasteiger charge is 2.19. The number of para-hydroxylation sites is 1. The number of methoxy groups -OCH3 is 1. The van der Waals surface area contributed by atoms with Crippen LogP contribution >= 0.6 is 15.9 Å². The van der Waals surface area contributed by atoms with Crippen molar-refractivity contribution >= 4 is 15.9 Å². The molecular formula is C20H18BrFN2O2. The van der Waals surface area contributed by atoms with Crippen molar-refractivity contribution in [1.29, 1.82) is 0 Å². The van der Waals surface area contributed by atoms with Gasteiger partial charge in [-0.15, -0.1) is 0 Å². The van der Waals surface area contributed by atoms with Gasteiger partial charge in [-0.05, 0) is 47.0 Å². The van der Waals surface area contributed by atoms with Crippen LogP contribution in [0.25, 0.3) is 11.4 Å². The number of aromatic nitrogens is 2. The van der Waals surface area contributed by atoms with Crippen LogP contribution in [-0.4, -0.2) is 16.7 Å². The van der Waals surface area contributed by atoms with E-state index in [-0.39, 0.29) is 11.3 Å². The number of hydrogen-bond acceptors (Lipinski definition) is 3. The summed E-state index contributed by atoms with van der Waals surface area (Å²) in [6.07, 6.45) is 0.655. The second kappa shape index (κ2) is 7.83. The molecule has 0 aliphatic rings. The van der Waals surface area contributed by atoms with Crippen LogP contribution in [-0.2, 0) is 13.0 Å². The van der Waals surface area contributed by atoms with E-state index in [2.05, 4.69) is 20.9 Å². The second-order valence-corrected chi connectivity index (χ2v) is 6.64. The zero-order chi connectivity index (χ0) is 18.7. The minimum atomic E-state index is -0.491. The standard InChI is InChI=1S/C20H18BrFN2O2/c1-13-17(21)20(25)24(12-11-14-7-4-3-5-8-14)19(23-13)15-9-6-10-16(22)18(15)26-2/h3-10H,11-12H2,1-2H3. The monoisotopic (exact) mass is 416 g/mol. The molecule has 3 rings (SSSR count). The van der Waals surface area contributed by atoms with Gasteiger partial charge in [0, 0.05) is 6.54 Å². The highest BCUT2D eigenvalue weighted by molar-refractivity contribution is 9.10. The van der Waals surface area contributed by atoms with Gasteiger partial charge < -0.3 is 4.74 Å². The summed E-state index contributed by atoms with van der Waals surface area (Å²) in [6.45, 7) is 2.16. The van der Waals surface area contributed by atoms with Crippen LogP contribution < -0.4 is 10.3 Å². The molecule has 0 spiro atoms. The van der Waals surface area contributed by atoms with Gasteiger partial charge in [0.1, 0.15) is 10.3 Å². The van der Waals surface area contributed by atoms with Gasteiger partial charge in [-0.2, -0.15) is 0 Å². The Labute approximate surface area is 159 Å². The van der Waals surface area contributed by atoms with Crippen molar-refractivity contribution in [3.8, 4) is 17.1 Å². The summed E-state index contributed by atoms with van der Waals surface area (Å²) < 4.78 is 21.3. The number of rotatable bonds is 5. The first-order valence-corrected chi connectivity index (χ1v) is 8.96. The maximum Gasteiger partial charge on any atom is 0.268 e. The topological polar surface area (TPSA) is 44.1 Å². The van der Waals surface area contributed by atoms with Gasteiger partial charge in [0.2, 0.25) is 0 Å². The van der Waals surface area contributed by atoms with Crippen LogP contribution in [0, 0.1) is 12.7 Å². The minimum Gasteiger partial charge on any atom is -0.493 e. The van der Waals surface area contributed by atoms with Crippen molar-refractivity contribution in [1.82, 2.24) is 9.55 Å². The third-order valence-electron chi connectivity index (χ3n) is 4.16. The summed E-state index contributed by atoms with van der Waals surface area (Å²) in [7, 11) is 1.40. The van der Waals surface area contributed by atoms with Gasteiger partial charge in [0.05, 0.1) is 18.4 Å². The van der Waals surface area contributed by atoms with Crippen molar-refractivity contribution in [2.45, 2.75) is 19.9 Å². The lowest BCUT2D eigenvalue weighted by Gasteiger charge is -2.16. The van der Waals surface area contributed by atoms with Crippen LogP contribution in [0.1, 0.15) is 11.3 Å². The molecule has 134 valence electrons. The van der Waals surface area contributed by atoms with Crippen LogP contribution in [0.3, 0.4) is 0 Å². The van der Waals surface area contributed by atoms with Gasteiger partial charge in [-0.25, -0.2) is 9.37 Å². The number of nitrogens with zero attached hydrogens (tertiary/aromatic N) is 2. The van der Waals surface area contributed by atoms with E-state index in [1.807, 2.05) is 30.3 Å². The summed E-state index contributed by atoms with van der Waals surface area (Å²) in [5, 5.41) is 0. The zero-order valence-corrected chi connectivity index (χ0v) is 16.1. The first kappa shape index (κ1) is 18.3. The lowest BCUT2D eigenvalue weighted by atomic mass is 10.1. The van der Waals surface area contributed by atoms with Crippen molar-refractivity contribution in [2.75, 3.05) is 7.11 Å². The average molecular weight is 417 g/mol. The van der Waals surface area contributed by atoms with E-state index in [0.29, 0.717) is 34.5 Å². The molecule has 0 aliphatic carbocycles. The molecule has 0 saturated carbocycles. The lowest BCUT2D eigenvalue weighted by Crippen LogP contribution is -2.26. The minimum absolute atomic E-state index is 0.0783. The highest BCUT2D eigenvalue weighted by Crippen LogP contribution is 2.31. The molecule has 0 atom stereocenters. The first-order valence-electron chi connectivity index (χ1n) is 8.16. The Kier molecular flexibility index (Phi) is 5.52. The van der Waals surface area contributed by atoms with E-state index in [4.69, 9.17) is 4.74 Å². The summed E-state index contributed by atoms with van der Waals surface area (Å²) in [4.78, 5) is 17.4. The van der Waals surface area contributed by atoms with E-state index in [0.717, 1.165) is 5.56 Å². The fourth-order valence-corrected chi connectivity index (χ4v) is 3.13. The highest BCUT2D eigenvalue weighted by atomic mass is 79.9. The van der Waals surface area contributed by atoms with Crippen molar-refractivity contribution < 1.29 is 9.13 Å². The predicted molar refractivity (Wildman–Crippen MR) is 103 cm³/mol. The lowest BCUT2D eigenvalue weighted by molar-refractivity contribution is 0.387. The van der Waals surface area contributed by atoms with Crippen molar-refractivity contribution in [2.24, 2.45) is 0 Å². The molecule has 0 bridgehead atoms. The Bertz CT molecular complexity index is 987. The quantitative estimate of drug-likeness (QED) is 0.619. The fourth-order valence-electron chi connectivity index (χ4n) is 2.83. The van der Waals surface area contributed by atoms with E-state index < -0.39 is 5.82 Å². The SMILES string of the molecule is COc1c(F)cccc1-c1nc(C)c(Br)c(=O)n1CCc1ccccc1. The molecule has 0 N–H and O–H groups in total. The van der Waals surface area contributed by atoms with Gasteiger partial charge >= 0.3 is 0 Å². The second-order valence-electron chi connectivity index (χ2n) is 5.85. The van der Waals surface area contributed by atoms with Crippen LogP contribution in [0.15, 0.2) is 57.8 Å². The van der Waals surface area contributed by atoms with Gasteiger partial charge in [-0.1, -0.05) is 36.4 Å². The molecule has 0 aliphatic heterocycles. The molecule has 4 nitrogen and oxygen atoms in total. The maximum atomic E-state index is 14.1. The fraction of sp³-hybridized carbons (Fsp3) is 0.200. The summed E-state index contributed by atoms with van der Waals surface area (Å²) in [6, 6.07) is 14.5. The van der Waals surface area contributed by atoms with E-state index in [1.165, 1.54) is 13.2 Å². The van der Waals surface area contributed by atoms with Crippen LogP contribution in [0.5, 0.6) is 5.75 Å². The molecule has 26 heavy (non-hydrogen) atoms. The Morgan fingerprint density at radius 2 is 1.88 bits per heavy atom. The molecule has 0 radical (unpaired) electrons. The molecule has 6 heteroatoms. The predicted octanol–water partition coefficient (Wildman–Crippen LogP) is 4.37. The van der Waals surface area contributed by atoms with E-state index in [9.17, 15) is 9.18 Å². The van der Waals surface area contributed by atoms with Gasteiger partial charge in [0.15, 0.2) is 11.6 Å².